The number of aliphatic imine (C=N–C) groups is 1. The number of anilines is 1. The molecule has 0 aliphatic carbocycles. The van der Waals surface area contributed by atoms with Crippen LogP contribution in [0.1, 0.15) is 16.8 Å². The van der Waals surface area contributed by atoms with E-state index in [-0.39, 0.29) is 11.6 Å². The number of para-hydroxylation sites is 1. The number of hydrogen-bond acceptors (Lipinski definition) is 4. The summed E-state index contributed by atoms with van der Waals surface area (Å²) in [6.07, 6.45) is -0.328. The summed E-state index contributed by atoms with van der Waals surface area (Å²) in [6.45, 7) is 0. The Kier molecular flexibility index (Phi) is 4.95. The second-order valence-electron chi connectivity index (χ2n) is 5.28. The molecule has 1 fully saturated rings. The third-order valence-electron chi connectivity index (χ3n) is 3.53. The fourth-order valence-electron chi connectivity index (χ4n) is 2.38. The number of thioether (sulfide) groups is 1. The van der Waals surface area contributed by atoms with Gasteiger partial charge in [-0.25, -0.2) is 0 Å². The van der Waals surface area contributed by atoms with Crippen molar-refractivity contribution in [1.29, 1.82) is 0 Å². The number of carbonyl (C=O) groups excluding carboxylic acids is 2. The van der Waals surface area contributed by atoms with Gasteiger partial charge in [-0.05, 0) is 24.3 Å². The van der Waals surface area contributed by atoms with Crippen LogP contribution in [0.15, 0.2) is 65.7 Å². The van der Waals surface area contributed by atoms with Crippen molar-refractivity contribution in [3.8, 4) is 0 Å². The highest BCUT2D eigenvalue weighted by Crippen LogP contribution is 2.33. The predicted octanol–water partition coefficient (Wildman–Crippen LogP) is 2.81. The maximum absolute atomic E-state index is 12.6. The Morgan fingerprint density at radius 3 is 2.24 bits per heavy atom. The summed E-state index contributed by atoms with van der Waals surface area (Å²) in [5.74, 6) is -1.94. The molecule has 1 aliphatic heterocycles. The number of amidine groups is 1. The molecule has 1 N–H and O–H groups in total. The van der Waals surface area contributed by atoms with Gasteiger partial charge in [-0.1, -0.05) is 48.2 Å². The smallest absolute Gasteiger partial charge is 0.305 e. The Morgan fingerprint density at radius 1 is 1.04 bits per heavy atom. The van der Waals surface area contributed by atoms with Crippen LogP contribution in [0, 0.1) is 0 Å². The number of hydrogen-bond donors (Lipinski definition) is 1. The molecule has 0 radical (unpaired) electrons. The molecule has 0 spiro atoms. The van der Waals surface area contributed by atoms with E-state index < -0.39 is 23.0 Å². The average Bonchev–Trinajstić information content (AvgIpc) is 2.91. The Bertz CT molecular complexity index is 837. The lowest BCUT2D eigenvalue weighted by atomic mass is 10.2. The molecule has 1 heterocycles. The van der Waals surface area contributed by atoms with Crippen LogP contribution in [0.5, 0.6) is 0 Å². The van der Waals surface area contributed by atoms with Gasteiger partial charge in [0.05, 0.1) is 12.1 Å². The molecule has 1 unspecified atom stereocenters. The number of rotatable bonds is 4. The van der Waals surface area contributed by atoms with Gasteiger partial charge >= 0.3 is 5.97 Å². The zero-order valence-electron chi connectivity index (χ0n) is 13.0. The standard InChI is InChI=1S/C18H14N2O4S/c21-15(22)11-14-17(24)20(13-9-5-2-6-10-13)18(25-14)19-16(23)12-7-3-1-4-8-12/h1-10,14H,11H2,(H,21,22). The molecule has 1 atom stereocenters. The van der Waals surface area contributed by atoms with Gasteiger partial charge in [0.25, 0.3) is 5.91 Å². The van der Waals surface area contributed by atoms with E-state index in [9.17, 15) is 14.4 Å². The first kappa shape index (κ1) is 16.9. The second kappa shape index (κ2) is 7.31. The quantitative estimate of drug-likeness (QED) is 0.912. The normalized spacial score (nSPS) is 18.6. The minimum Gasteiger partial charge on any atom is -0.481 e. The summed E-state index contributed by atoms with van der Waals surface area (Å²) in [7, 11) is 0. The van der Waals surface area contributed by atoms with E-state index in [0.717, 1.165) is 11.8 Å². The molecule has 1 aliphatic rings. The molecule has 25 heavy (non-hydrogen) atoms. The highest BCUT2D eigenvalue weighted by atomic mass is 32.2. The van der Waals surface area contributed by atoms with Crippen molar-refractivity contribution in [2.24, 2.45) is 4.99 Å². The van der Waals surface area contributed by atoms with E-state index >= 15 is 0 Å². The summed E-state index contributed by atoms with van der Waals surface area (Å²) in [5, 5.41) is 8.39. The summed E-state index contributed by atoms with van der Waals surface area (Å²) in [5.41, 5.74) is 0.949. The average molecular weight is 354 g/mol. The van der Waals surface area contributed by atoms with Crippen molar-refractivity contribution < 1.29 is 19.5 Å². The minimum absolute atomic E-state index is 0.191. The molecule has 6 nitrogen and oxygen atoms in total. The minimum atomic E-state index is -1.07. The third kappa shape index (κ3) is 3.77. The van der Waals surface area contributed by atoms with Crippen molar-refractivity contribution in [3.63, 3.8) is 0 Å². The molecule has 126 valence electrons. The zero-order chi connectivity index (χ0) is 17.8. The topological polar surface area (TPSA) is 87.0 Å². The summed E-state index contributed by atoms with van der Waals surface area (Å²) in [6, 6.07) is 17.3. The summed E-state index contributed by atoms with van der Waals surface area (Å²) in [4.78, 5) is 41.4. The van der Waals surface area contributed by atoms with Gasteiger partial charge < -0.3 is 5.11 Å². The fourth-order valence-corrected chi connectivity index (χ4v) is 3.50. The van der Waals surface area contributed by atoms with Gasteiger partial charge in [-0.2, -0.15) is 4.99 Å². The molecule has 2 aromatic carbocycles. The van der Waals surface area contributed by atoms with Gasteiger partial charge in [-0.15, -0.1) is 0 Å². The van der Waals surface area contributed by atoms with E-state index in [1.54, 1.807) is 60.7 Å². The molecule has 3 rings (SSSR count). The van der Waals surface area contributed by atoms with Crippen LogP contribution < -0.4 is 4.90 Å². The Morgan fingerprint density at radius 2 is 1.64 bits per heavy atom. The van der Waals surface area contributed by atoms with E-state index in [0.29, 0.717) is 11.3 Å². The maximum Gasteiger partial charge on any atom is 0.305 e. The first-order valence-electron chi connectivity index (χ1n) is 7.52. The van der Waals surface area contributed by atoms with Crippen LogP contribution in [0.2, 0.25) is 0 Å². The van der Waals surface area contributed by atoms with Gasteiger partial charge in [0.15, 0.2) is 5.17 Å². The van der Waals surface area contributed by atoms with Gasteiger partial charge in [0.2, 0.25) is 5.91 Å². The molecule has 2 aromatic rings. The number of amides is 2. The summed E-state index contributed by atoms with van der Waals surface area (Å²) < 4.78 is 0. The lowest BCUT2D eigenvalue weighted by molar-refractivity contribution is -0.138. The number of aliphatic carboxylic acids is 1. The number of carboxylic acid groups (broad SMARTS) is 1. The summed E-state index contributed by atoms with van der Waals surface area (Å²) >= 11 is 0.998. The molecule has 2 amide bonds. The molecular weight excluding hydrogens is 340 g/mol. The van der Waals surface area contributed by atoms with E-state index in [4.69, 9.17) is 5.11 Å². The number of nitrogens with zero attached hydrogens (tertiary/aromatic N) is 2. The molecule has 7 heteroatoms. The van der Waals surface area contributed by atoms with E-state index in [2.05, 4.69) is 4.99 Å². The van der Waals surface area contributed by atoms with Crippen LogP contribution in [0.4, 0.5) is 5.69 Å². The lowest BCUT2D eigenvalue weighted by Crippen LogP contribution is -2.33. The van der Waals surface area contributed by atoms with E-state index in [1.807, 2.05) is 0 Å². The molecule has 0 bridgehead atoms. The lowest BCUT2D eigenvalue weighted by Gasteiger charge is -2.16. The number of carboxylic acids is 1. The van der Waals surface area contributed by atoms with Crippen LogP contribution in [0.25, 0.3) is 0 Å². The zero-order valence-corrected chi connectivity index (χ0v) is 13.8. The highest BCUT2D eigenvalue weighted by molar-refractivity contribution is 8.16. The maximum atomic E-state index is 12.6. The molecule has 0 aromatic heterocycles. The van der Waals surface area contributed by atoms with Crippen molar-refractivity contribution >= 4 is 40.4 Å². The first-order valence-corrected chi connectivity index (χ1v) is 8.40. The third-order valence-corrected chi connectivity index (χ3v) is 4.66. The SMILES string of the molecule is O=C(O)CC1SC(=NC(=O)c2ccccc2)N(c2ccccc2)C1=O. The number of benzene rings is 2. The van der Waals surface area contributed by atoms with Crippen LogP contribution in [-0.4, -0.2) is 33.3 Å². The molecular formula is C18H14N2O4S. The van der Waals surface area contributed by atoms with Gasteiger partial charge in [0, 0.05) is 5.56 Å². The van der Waals surface area contributed by atoms with Crippen molar-refractivity contribution in [1.82, 2.24) is 0 Å². The second-order valence-corrected chi connectivity index (χ2v) is 6.45. The molecule has 0 saturated carbocycles. The molecule has 1 saturated heterocycles. The number of carbonyl (C=O) groups is 3. The van der Waals surface area contributed by atoms with Crippen molar-refractivity contribution in [2.45, 2.75) is 11.7 Å². The van der Waals surface area contributed by atoms with Crippen LogP contribution >= 0.6 is 11.8 Å². The Labute approximate surface area is 148 Å². The van der Waals surface area contributed by atoms with Crippen molar-refractivity contribution in [3.05, 3.63) is 66.2 Å². The van der Waals surface area contributed by atoms with Crippen molar-refractivity contribution in [2.75, 3.05) is 4.90 Å². The van der Waals surface area contributed by atoms with Crippen LogP contribution in [-0.2, 0) is 9.59 Å². The monoisotopic (exact) mass is 354 g/mol. The van der Waals surface area contributed by atoms with E-state index in [1.165, 1.54) is 4.90 Å². The largest absolute Gasteiger partial charge is 0.481 e. The van der Waals surface area contributed by atoms with Gasteiger partial charge in [-0.3, -0.25) is 19.3 Å². The van der Waals surface area contributed by atoms with Crippen LogP contribution in [0.3, 0.4) is 0 Å². The predicted molar refractivity (Wildman–Crippen MR) is 95.8 cm³/mol. The fraction of sp³-hybridized carbons (Fsp3) is 0.111. The Hall–Kier alpha value is -2.93. The highest BCUT2D eigenvalue weighted by Gasteiger charge is 2.40. The Balaban J connectivity index is 1.96. The van der Waals surface area contributed by atoms with Gasteiger partial charge in [0.1, 0.15) is 5.25 Å². The first-order chi connectivity index (χ1) is 12.1.